The predicted octanol–water partition coefficient (Wildman–Crippen LogP) is 2.03. The summed E-state index contributed by atoms with van der Waals surface area (Å²) in [6.45, 7) is 6.69. The zero-order valence-electron chi connectivity index (χ0n) is 13.8. The van der Waals surface area contributed by atoms with E-state index in [1.165, 1.54) is 0 Å². The van der Waals surface area contributed by atoms with E-state index >= 15 is 0 Å². The van der Waals surface area contributed by atoms with Gasteiger partial charge in [0.25, 0.3) is 5.91 Å². The molecule has 0 saturated carbocycles. The van der Waals surface area contributed by atoms with Crippen LogP contribution < -0.4 is 10.6 Å². The number of piperidine rings is 1. The SMILES string of the molecule is Cc1cc(C)n(Cc2ccc(C(=O)N[C@H]3CCCNC3)cc2)n1. The van der Waals surface area contributed by atoms with E-state index in [2.05, 4.69) is 28.7 Å². The quantitative estimate of drug-likeness (QED) is 0.908. The Hall–Kier alpha value is -2.14. The number of rotatable bonds is 4. The Labute approximate surface area is 137 Å². The summed E-state index contributed by atoms with van der Waals surface area (Å²) in [4.78, 5) is 12.3. The Balaban J connectivity index is 1.62. The molecule has 5 heteroatoms. The molecule has 3 rings (SSSR count). The van der Waals surface area contributed by atoms with Crippen molar-refractivity contribution in [2.45, 2.75) is 39.3 Å². The molecule has 1 atom stereocenters. The fraction of sp³-hybridized carbons (Fsp3) is 0.444. The van der Waals surface area contributed by atoms with Crippen LogP contribution in [0.15, 0.2) is 30.3 Å². The molecule has 1 aromatic heterocycles. The van der Waals surface area contributed by atoms with Crippen LogP contribution in [0.3, 0.4) is 0 Å². The van der Waals surface area contributed by atoms with Gasteiger partial charge in [0.15, 0.2) is 0 Å². The van der Waals surface area contributed by atoms with Gasteiger partial charge >= 0.3 is 0 Å². The largest absolute Gasteiger partial charge is 0.348 e. The summed E-state index contributed by atoms with van der Waals surface area (Å²) in [5.74, 6) is 0.0105. The standard InChI is InChI=1S/C18H24N4O/c1-13-10-14(2)22(21-13)12-15-5-7-16(8-6-15)18(23)20-17-4-3-9-19-11-17/h5-8,10,17,19H,3-4,9,11-12H2,1-2H3,(H,20,23)/t17-/m0/s1. The van der Waals surface area contributed by atoms with Crippen LogP contribution in [0, 0.1) is 13.8 Å². The zero-order valence-corrected chi connectivity index (χ0v) is 13.8. The van der Waals surface area contributed by atoms with Crippen molar-refractivity contribution >= 4 is 5.91 Å². The lowest BCUT2D eigenvalue weighted by atomic mass is 10.1. The Morgan fingerprint density at radius 1 is 1.35 bits per heavy atom. The molecule has 122 valence electrons. The van der Waals surface area contributed by atoms with Gasteiger partial charge in [0.05, 0.1) is 12.2 Å². The third-order valence-corrected chi connectivity index (χ3v) is 4.28. The number of carbonyl (C=O) groups excluding carboxylic acids is 1. The molecule has 23 heavy (non-hydrogen) atoms. The van der Waals surface area contributed by atoms with Crippen LogP contribution in [0.1, 0.15) is 40.2 Å². The number of nitrogens with zero attached hydrogens (tertiary/aromatic N) is 2. The van der Waals surface area contributed by atoms with Gasteiger partial charge in [-0.2, -0.15) is 5.10 Å². The lowest BCUT2D eigenvalue weighted by Gasteiger charge is -2.23. The monoisotopic (exact) mass is 312 g/mol. The predicted molar refractivity (Wildman–Crippen MR) is 90.6 cm³/mol. The molecule has 1 saturated heterocycles. The maximum atomic E-state index is 12.3. The molecule has 1 aromatic carbocycles. The van der Waals surface area contributed by atoms with Crippen molar-refractivity contribution < 1.29 is 4.79 Å². The third-order valence-electron chi connectivity index (χ3n) is 4.28. The number of hydrogen-bond donors (Lipinski definition) is 2. The fourth-order valence-electron chi connectivity index (χ4n) is 3.01. The molecule has 0 aliphatic carbocycles. The molecule has 1 aliphatic rings. The topological polar surface area (TPSA) is 59.0 Å². The highest BCUT2D eigenvalue weighted by atomic mass is 16.1. The molecular weight excluding hydrogens is 288 g/mol. The van der Waals surface area contributed by atoms with Crippen molar-refractivity contribution in [1.29, 1.82) is 0 Å². The van der Waals surface area contributed by atoms with E-state index in [1.54, 1.807) is 0 Å². The maximum Gasteiger partial charge on any atom is 0.251 e. The highest BCUT2D eigenvalue weighted by molar-refractivity contribution is 5.94. The summed E-state index contributed by atoms with van der Waals surface area (Å²) in [6.07, 6.45) is 2.17. The number of benzene rings is 1. The number of hydrogen-bond acceptors (Lipinski definition) is 3. The molecule has 5 nitrogen and oxygen atoms in total. The molecule has 2 N–H and O–H groups in total. The van der Waals surface area contributed by atoms with Gasteiger partial charge in [0.2, 0.25) is 0 Å². The summed E-state index contributed by atoms with van der Waals surface area (Å²) in [7, 11) is 0. The molecule has 0 radical (unpaired) electrons. The Morgan fingerprint density at radius 3 is 2.74 bits per heavy atom. The summed E-state index contributed by atoms with van der Waals surface area (Å²) in [5.41, 5.74) is 4.04. The van der Waals surface area contributed by atoms with E-state index in [0.29, 0.717) is 5.56 Å². The summed E-state index contributed by atoms with van der Waals surface area (Å²) in [6, 6.07) is 10.1. The van der Waals surface area contributed by atoms with Crippen molar-refractivity contribution in [3.05, 3.63) is 52.8 Å². The van der Waals surface area contributed by atoms with Crippen LogP contribution in [-0.4, -0.2) is 34.8 Å². The minimum atomic E-state index is 0.0105. The minimum absolute atomic E-state index is 0.0105. The molecule has 0 unspecified atom stereocenters. The average Bonchev–Trinajstić information content (AvgIpc) is 2.86. The van der Waals surface area contributed by atoms with Gasteiger partial charge in [-0.25, -0.2) is 0 Å². The van der Waals surface area contributed by atoms with Gasteiger partial charge in [0.1, 0.15) is 0 Å². The second-order valence-corrected chi connectivity index (χ2v) is 6.30. The van der Waals surface area contributed by atoms with E-state index in [0.717, 1.165) is 49.4 Å². The van der Waals surface area contributed by atoms with Crippen molar-refractivity contribution in [1.82, 2.24) is 20.4 Å². The lowest BCUT2D eigenvalue weighted by molar-refractivity contribution is 0.0930. The lowest BCUT2D eigenvalue weighted by Crippen LogP contribution is -2.45. The first-order valence-electron chi connectivity index (χ1n) is 8.23. The Bertz CT molecular complexity index is 669. The minimum Gasteiger partial charge on any atom is -0.348 e. The summed E-state index contributed by atoms with van der Waals surface area (Å²) in [5, 5.41) is 10.9. The van der Waals surface area contributed by atoms with E-state index in [1.807, 2.05) is 35.9 Å². The third kappa shape index (κ3) is 3.99. The van der Waals surface area contributed by atoms with Crippen LogP contribution in [0.4, 0.5) is 0 Å². The van der Waals surface area contributed by atoms with Gasteiger partial charge in [-0.15, -0.1) is 0 Å². The number of amides is 1. The molecule has 0 spiro atoms. The average molecular weight is 312 g/mol. The summed E-state index contributed by atoms with van der Waals surface area (Å²) >= 11 is 0. The first-order chi connectivity index (χ1) is 11.1. The Morgan fingerprint density at radius 2 is 2.13 bits per heavy atom. The molecule has 1 amide bonds. The number of nitrogens with one attached hydrogen (secondary N) is 2. The van der Waals surface area contributed by atoms with Crippen LogP contribution in [0.2, 0.25) is 0 Å². The second kappa shape index (κ2) is 6.96. The Kier molecular flexibility index (Phi) is 4.76. The van der Waals surface area contributed by atoms with Gasteiger partial charge in [-0.3, -0.25) is 9.48 Å². The first kappa shape index (κ1) is 15.7. The normalized spacial score (nSPS) is 17.9. The molecule has 2 heterocycles. The summed E-state index contributed by atoms with van der Waals surface area (Å²) < 4.78 is 1.98. The maximum absolute atomic E-state index is 12.3. The van der Waals surface area contributed by atoms with E-state index in [9.17, 15) is 4.79 Å². The van der Waals surface area contributed by atoms with E-state index in [4.69, 9.17) is 0 Å². The zero-order chi connectivity index (χ0) is 16.2. The number of carbonyl (C=O) groups is 1. The highest BCUT2D eigenvalue weighted by Crippen LogP contribution is 2.10. The van der Waals surface area contributed by atoms with Crippen molar-refractivity contribution in [2.75, 3.05) is 13.1 Å². The van der Waals surface area contributed by atoms with Crippen LogP contribution in [0.25, 0.3) is 0 Å². The van der Waals surface area contributed by atoms with Crippen molar-refractivity contribution in [3.63, 3.8) is 0 Å². The molecule has 1 fully saturated rings. The molecular formula is C18H24N4O. The fourth-order valence-corrected chi connectivity index (χ4v) is 3.01. The van der Waals surface area contributed by atoms with Gasteiger partial charge < -0.3 is 10.6 Å². The van der Waals surface area contributed by atoms with E-state index in [-0.39, 0.29) is 11.9 Å². The van der Waals surface area contributed by atoms with Crippen LogP contribution in [-0.2, 0) is 6.54 Å². The highest BCUT2D eigenvalue weighted by Gasteiger charge is 2.16. The number of aryl methyl sites for hydroxylation is 2. The molecule has 0 bridgehead atoms. The van der Waals surface area contributed by atoms with Gasteiger partial charge in [-0.05, 0) is 57.0 Å². The number of aromatic nitrogens is 2. The smallest absolute Gasteiger partial charge is 0.251 e. The van der Waals surface area contributed by atoms with Crippen LogP contribution >= 0.6 is 0 Å². The van der Waals surface area contributed by atoms with Crippen LogP contribution in [0.5, 0.6) is 0 Å². The van der Waals surface area contributed by atoms with Crippen molar-refractivity contribution in [2.24, 2.45) is 0 Å². The van der Waals surface area contributed by atoms with Crippen molar-refractivity contribution in [3.8, 4) is 0 Å². The van der Waals surface area contributed by atoms with Gasteiger partial charge in [0, 0.05) is 23.8 Å². The second-order valence-electron chi connectivity index (χ2n) is 6.30. The first-order valence-corrected chi connectivity index (χ1v) is 8.23. The van der Waals surface area contributed by atoms with Gasteiger partial charge in [-0.1, -0.05) is 12.1 Å². The molecule has 2 aromatic rings. The van der Waals surface area contributed by atoms with E-state index < -0.39 is 0 Å². The molecule has 1 aliphatic heterocycles.